The normalized spacial score (nSPS) is 11.1. The fourth-order valence-corrected chi connectivity index (χ4v) is 2.13. The van der Waals surface area contributed by atoms with E-state index in [1.54, 1.807) is 6.08 Å². The molecule has 0 heterocycles. The fourth-order valence-electron chi connectivity index (χ4n) is 2.13. The molecule has 0 fully saturated rings. The molecular weight excluding hydrogens is 248 g/mol. The van der Waals surface area contributed by atoms with E-state index in [1.165, 1.54) is 25.7 Å². The lowest BCUT2D eigenvalue weighted by Crippen LogP contribution is -1.94. The number of ketones is 2. The highest BCUT2D eigenvalue weighted by molar-refractivity contribution is 5.89. The zero-order valence-corrected chi connectivity index (χ0v) is 13.5. The summed E-state index contributed by atoms with van der Waals surface area (Å²) in [5, 5.41) is 0. The van der Waals surface area contributed by atoms with Gasteiger partial charge in [0.1, 0.15) is 5.78 Å². The maximum absolute atomic E-state index is 11.5. The molecule has 0 rings (SSSR count). The third kappa shape index (κ3) is 13.5. The lowest BCUT2D eigenvalue weighted by atomic mass is 10.0. The van der Waals surface area contributed by atoms with Gasteiger partial charge in [-0.2, -0.15) is 0 Å². The van der Waals surface area contributed by atoms with Crippen LogP contribution in [0.3, 0.4) is 0 Å². The molecule has 0 aliphatic heterocycles. The quantitative estimate of drug-likeness (QED) is 0.315. The molecule has 0 saturated carbocycles. The van der Waals surface area contributed by atoms with E-state index >= 15 is 0 Å². The zero-order valence-electron chi connectivity index (χ0n) is 13.5. The van der Waals surface area contributed by atoms with Gasteiger partial charge in [0, 0.05) is 19.3 Å². The van der Waals surface area contributed by atoms with E-state index in [9.17, 15) is 9.59 Å². The predicted molar refractivity (Wildman–Crippen MR) is 85.9 cm³/mol. The summed E-state index contributed by atoms with van der Waals surface area (Å²) in [6.07, 6.45) is 16.0. The summed E-state index contributed by atoms with van der Waals surface area (Å²) in [5.41, 5.74) is 0. The van der Waals surface area contributed by atoms with Crippen LogP contribution in [0.2, 0.25) is 0 Å². The number of rotatable bonds is 14. The molecule has 0 unspecified atom stereocenters. The molecule has 0 aliphatic carbocycles. The highest BCUT2D eigenvalue weighted by Crippen LogP contribution is 2.10. The van der Waals surface area contributed by atoms with Crippen LogP contribution in [-0.2, 0) is 9.59 Å². The lowest BCUT2D eigenvalue weighted by molar-refractivity contribution is -0.119. The molecule has 0 saturated heterocycles. The van der Waals surface area contributed by atoms with Crippen molar-refractivity contribution in [3.8, 4) is 0 Å². The largest absolute Gasteiger partial charge is 0.300 e. The minimum atomic E-state index is 0.273. The molecule has 0 amide bonds. The number of carbonyl (C=O) groups is 2. The van der Waals surface area contributed by atoms with Crippen molar-refractivity contribution in [1.82, 2.24) is 0 Å². The third-order valence-electron chi connectivity index (χ3n) is 3.55. The first-order chi connectivity index (χ1) is 9.70. The van der Waals surface area contributed by atoms with Crippen molar-refractivity contribution in [2.45, 2.75) is 90.9 Å². The van der Waals surface area contributed by atoms with E-state index in [4.69, 9.17) is 0 Å². The van der Waals surface area contributed by atoms with Crippen molar-refractivity contribution in [2.24, 2.45) is 0 Å². The maximum atomic E-state index is 11.5. The van der Waals surface area contributed by atoms with Crippen LogP contribution in [0.15, 0.2) is 12.2 Å². The van der Waals surface area contributed by atoms with Crippen LogP contribution in [0.5, 0.6) is 0 Å². The molecule has 0 bridgehead atoms. The Bertz CT molecular complexity index is 279. The number of hydrogen-bond acceptors (Lipinski definition) is 2. The Morgan fingerprint density at radius 2 is 1.40 bits per heavy atom. The first kappa shape index (κ1) is 19.1. The Morgan fingerprint density at radius 1 is 0.800 bits per heavy atom. The molecule has 2 heteroatoms. The Balaban J connectivity index is 3.29. The molecule has 116 valence electrons. The Hall–Kier alpha value is -0.920. The molecule has 0 radical (unpaired) electrons. The van der Waals surface area contributed by atoms with Crippen LogP contribution in [0.4, 0.5) is 0 Å². The highest BCUT2D eigenvalue weighted by atomic mass is 16.1. The SMILES string of the molecule is CCCCC=CC(=O)CCCCCCCCC(=O)CC. The lowest BCUT2D eigenvalue weighted by Gasteiger charge is -2.00. The van der Waals surface area contributed by atoms with Crippen LogP contribution >= 0.6 is 0 Å². The van der Waals surface area contributed by atoms with Crippen LogP contribution in [0.1, 0.15) is 90.9 Å². The van der Waals surface area contributed by atoms with Gasteiger partial charge in [0.05, 0.1) is 0 Å². The van der Waals surface area contributed by atoms with E-state index in [2.05, 4.69) is 6.92 Å². The Labute approximate surface area is 125 Å². The van der Waals surface area contributed by atoms with E-state index in [1.807, 2.05) is 13.0 Å². The second-order valence-corrected chi connectivity index (χ2v) is 5.52. The molecule has 2 nitrogen and oxygen atoms in total. The molecule has 0 spiro atoms. The molecule has 0 aromatic heterocycles. The summed E-state index contributed by atoms with van der Waals surface area (Å²) in [5.74, 6) is 0.653. The van der Waals surface area contributed by atoms with Crippen LogP contribution in [0.25, 0.3) is 0 Å². The minimum Gasteiger partial charge on any atom is -0.300 e. The van der Waals surface area contributed by atoms with E-state index < -0.39 is 0 Å². The van der Waals surface area contributed by atoms with Crippen molar-refractivity contribution in [3.05, 3.63) is 12.2 Å². The van der Waals surface area contributed by atoms with Gasteiger partial charge in [0.15, 0.2) is 5.78 Å². The van der Waals surface area contributed by atoms with Crippen LogP contribution in [-0.4, -0.2) is 11.6 Å². The monoisotopic (exact) mass is 280 g/mol. The summed E-state index contributed by atoms with van der Waals surface area (Å²) in [4.78, 5) is 22.6. The number of Topliss-reactive ketones (excluding diaryl/α,β-unsaturated/α-hetero) is 1. The molecule has 0 aromatic carbocycles. The van der Waals surface area contributed by atoms with Crippen molar-refractivity contribution < 1.29 is 9.59 Å². The summed E-state index contributed by atoms with van der Waals surface area (Å²) < 4.78 is 0. The van der Waals surface area contributed by atoms with Crippen molar-refractivity contribution in [2.75, 3.05) is 0 Å². The van der Waals surface area contributed by atoms with Gasteiger partial charge < -0.3 is 0 Å². The summed E-state index contributed by atoms with van der Waals surface area (Å²) in [6, 6.07) is 0. The van der Waals surface area contributed by atoms with Gasteiger partial charge in [0.2, 0.25) is 0 Å². The fraction of sp³-hybridized carbons (Fsp3) is 0.778. The number of carbonyl (C=O) groups excluding carboxylic acids is 2. The van der Waals surface area contributed by atoms with Gasteiger partial charge in [-0.3, -0.25) is 9.59 Å². The molecule has 20 heavy (non-hydrogen) atoms. The maximum Gasteiger partial charge on any atom is 0.155 e. The molecule has 0 N–H and O–H groups in total. The molecule has 0 aliphatic rings. The average Bonchev–Trinajstić information content (AvgIpc) is 2.46. The van der Waals surface area contributed by atoms with E-state index in [0.717, 1.165) is 38.5 Å². The van der Waals surface area contributed by atoms with Crippen molar-refractivity contribution in [1.29, 1.82) is 0 Å². The van der Waals surface area contributed by atoms with Crippen molar-refractivity contribution >= 4 is 11.6 Å². The third-order valence-corrected chi connectivity index (χ3v) is 3.55. The number of allylic oxidation sites excluding steroid dienone is 2. The molecule has 0 aromatic rings. The Morgan fingerprint density at radius 3 is 2.00 bits per heavy atom. The van der Waals surface area contributed by atoms with Gasteiger partial charge in [-0.25, -0.2) is 0 Å². The summed E-state index contributed by atoms with van der Waals surface area (Å²) >= 11 is 0. The minimum absolute atomic E-state index is 0.273. The smallest absolute Gasteiger partial charge is 0.155 e. The average molecular weight is 280 g/mol. The van der Waals surface area contributed by atoms with Gasteiger partial charge in [-0.05, 0) is 25.3 Å². The van der Waals surface area contributed by atoms with E-state index in [0.29, 0.717) is 18.6 Å². The molecule has 0 atom stereocenters. The van der Waals surface area contributed by atoms with Gasteiger partial charge in [-0.15, -0.1) is 0 Å². The summed E-state index contributed by atoms with van der Waals surface area (Å²) in [6.45, 7) is 4.09. The Kier molecular flexibility index (Phi) is 13.8. The van der Waals surface area contributed by atoms with Crippen molar-refractivity contribution in [3.63, 3.8) is 0 Å². The topological polar surface area (TPSA) is 34.1 Å². The number of hydrogen-bond donors (Lipinski definition) is 0. The van der Waals surface area contributed by atoms with Gasteiger partial charge in [0.25, 0.3) is 0 Å². The second-order valence-electron chi connectivity index (χ2n) is 5.52. The first-order valence-corrected chi connectivity index (χ1v) is 8.41. The molecular formula is C18H32O2. The van der Waals surface area contributed by atoms with Crippen LogP contribution in [0, 0.1) is 0 Å². The second kappa shape index (κ2) is 14.5. The number of unbranched alkanes of at least 4 members (excludes halogenated alkanes) is 7. The van der Waals surface area contributed by atoms with Crippen LogP contribution < -0.4 is 0 Å². The standard InChI is InChI=1S/C18H32O2/c1-3-5-6-11-15-18(20)16-13-10-8-7-9-12-14-17(19)4-2/h11,15H,3-10,12-14,16H2,1-2H3. The van der Waals surface area contributed by atoms with E-state index in [-0.39, 0.29) is 5.78 Å². The summed E-state index contributed by atoms with van der Waals surface area (Å²) in [7, 11) is 0. The first-order valence-electron chi connectivity index (χ1n) is 8.41. The van der Waals surface area contributed by atoms with Gasteiger partial charge >= 0.3 is 0 Å². The van der Waals surface area contributed by atoms with Gasteiger partial charge in [-0.1, -0.05) is 58.4 Å². The highest BCUT2D eigenvalue weighted by Gasteiger charge is 1.99. The zero-order chi connectivity index (χ0) is 15.1. The predicted octanol–water partition coefficient (Wildman–Crippen LogP) is 5.40.